The van der Waals surface area contributed by atoms with Gasteiger partial charge in [-0.1, -0.05) is 36.4 Å². The van der Waals surface area contributed by atoms with Crippen molar-refractivity contribution in [2.24, 2.45) is 0 Å². The summed E-state index contributed by atoms with van der Waals surface area (Å²) in [4.78, 5) is 13.0. The zero-order valence-corrected chi connectivity index (χ0v) is 19.2. The Bertz CT molecular complexity index is 1000. The summed E-state index contributed by atoms with van der Waals surface area (Å²) in [5.41, 5.74) is 0.659. The van der Waals surface area contributed by atoms with Gasteiger partial charge in [0.2, 0.25) is 10.0 Å². The molecule has 1 unspecified atom stereocenters. The Morgan fingerprint density at radius 3 is 2.17 bits per heavy atom. The zero-order valence-electron chi connectivity index (χ0n) is 17.4. The maximum absolute atomic E-state index is 13.4. The summed E-state index contributed by atoms with van der Waals surface area (Å²) < 4.78 is 50.2. The van der Waals surface area contributed by atoms with Gasteiger partial charge in [-0.25, -0.2) is 12.7 Å². The van der Waals surface area contributed by atoms with E-state index in [2.05, 4.69) is 5.32 Å². The van der Waals surface area contributed by atoms with Crippen molar-refractivity contribution < 1.29 is 26.8 Å². The van der Waals surface area contributed by atoms with Crippen LogP contribution in [-0.2, 0) is 23.6 Å². The minimum Gasteiger partial charge on any atom is -0.334 e. The van der Waals surface area contributed by atoms with Gasteiger partial charge in [0.15, 0.2) is 5.78 Å². The first kappa shape index (κ1) is 24.2. The molecule has 2 rings (SSSR count). The average molecular weight is 454 g/mol. The fourth-order valence-electron chi connectivity index (χ4n) is 2.74. The van der Waals surface area contributed by atoms with Gasteiger partial charge in [0.1, 0.15) is 0 Å². The number of carbonyl (C=O) groups is 1. The molecule has 30 heavy (non-hydrogen) atoms. The first-order valence-corrected chi connectivity index (χ1v) is 12.5. The number of nitrogens with zero attached hydrogens (tertiary/aromatic N) is 1. The second kappa shape index (κ2) is 10.3. The number of sulfonamides is 1. The van der Waals surface area contributed by atoms with Gasteiger partial charge in [-0.2, -0.15) is 0 Å². The lowest BCUT2D eigenvalue weighted by molar-refractivity contribution is 0.0937. The topological polar surface area (TPSA) is 102 Å². The number of rotatable bonds is 10. The number of hydrogen-bond acceptors (Lipinski definition) is 6. The highest BCUT2D eigenvalue weighted by Crippen LogP contribution is 2.59. The van der Waals surface area contributed by atoms with E-state index >= 15 is 0 Å². The van der Waals surface area contributed by atoms with Gasteiger partial charge in [-0.05, 0) is 37.6 Å². The third-order valence-electron chi connectivity index (χ3n) is 4.19. The van der Waals surface area contributed by atoms with Crippen molar-refractivity contribution in [3.05, 3.63) is 65.7 Å². The minimum atomic E-state index is -3.74. The molecule has 2 aromatic rings. The molecule has 1 N–H and O–H groups in total. The molecule has 0 heterocycles. The lowest BCUT2D eigenvalue weighted by atomic mass is 10.2. The van der Waals surface area contributed by atoms with E-state index in [0.29, 0.717) is 5.56 Å². The van der Waals surface area contributed by atoms with Crippen LogP contribution in [0.1, 0.15) is 35.6 Å². The molecular formula is C20H27N2O6PS. The van der Waals surface area contributed by atoms with E-state index in [-0.39, 0.29) is 23.7 Å². The summed E-state index contributed by atoms with van der Waals surface area (Å²) >= 11 is 0. The average Bonchev–Trinajstić information content (AvgIpc) is 2.72. The molecular weight excluding hydrogens is 427 g/mol. The molecule has 0 aliphatic rings. The summed E-state index contributed by atoms with van der Waals surface area (Å²) in [6, 6.07) is 14.4. The van der Waals surface area contributed by atoms with Crippen LogP contribution in [0.2, 0.25) is 0 Å². The molecule has 1 amide bonds. The van der Waals surface area contributed by atoms with Crippen LogP contribution < -0.4 is 5.32 Å². The van der Waals surface area contributed by atoms with Gasteiger partial charge < -0.3 is 14.4 Å². The fraction of sp³-hybridized carbons (Fsp3) is 0.350. The lowest BCUT2D eigenvalue weighted by Gasteiger charge is -2.27. The molecule has 0 fully saturated rings. The first-order valence-electron chi connectivity index (χ1n) is 9.43. The predicted octanol–water partition coefficient (Wildman–Crippen LogP) is 3.63. The van der Waals surface area contributed by atoms with Crippen LogP contribution >= 0.6 is 7.60 Å². The maximum atomic E-state index is 13.4. The lowest BCUT2D eigenvalue weighted by Crippen LogP contribution is -2.30. The second-order valence-electron chi connectivity index (χ2n) is 6.48. The van der Waals surface area contributed by atoms with Crippen LogP contribution in [0.4, 0.5) is 0 Å². The van der Waals surface area contributed by atoms with E-state index < -0.39 is 29.3 Å². The van der Waals surface area contributed by atoms with Crippen LogP contribution in [0.15, 0.2) is 59.5 Å². The van der Waals surface area contributed by atoms with Crippen LogP contribution in [0, 0.1) is 0 Å². The SMILES string of the molecule is CCOP(=O)(OCC)C(NC(=O)c1cccc(S(=O)(=O)N(C)C)c1)c1ccccc1. The zero-order chi connectivity index (χ0) is 22.4. The Morgan fingerprint density at radius 1 is 1.03 bits per heavy atom. The van der Waals surface area contributed by atoms with Gasteiger partial charge in [-0.15, -0.1) is 0 Å². The highest BCUT2D eigenvalue weighted by atomic mass is 32.2. The van der Waals surface area contributed by atoms with Crippen LogP contribution in [0.25, 0.3) is 0 Å². The van der Waals surface area contributed by atoms with Crippen LogP contribution in [0.5, 0.6) is 0 Å². The summed E-state index contributed by atoms with van der Waals surface area (Å²) in [6.45, 7) is 3.64. The second-order valence-corrected chi connectivity index (χ2v) is 10.7. The largest absolute Gasteiger partial charge is 0.357 e. The highest BCUT2D eigenvalue weighted by Gasteiger charge is 2.38. The molecule has 10 heteroatoms. The molecule has 164 valence electrons. The van der Waals surface area contributed by atoms with Crippen LogP contribution in [0.3, 0.4) is 0 Å². The number of benzene rings is 2. The Kier molecular flexibility index (Phi) is 8.34. The Balaban J connectivity index is 2.44. The highest BCUT2D eigenvalue weighted by molar-refractivity contribution is 7.89. The summed E-state index contributed by atoms with van der Waals surface area (Å²) in [6.07, 6.45) is 0. The molecule has 1 atom stereocenters. The van der Waals surface area contributed by atoms with Crippen molar-refractivity contribution in [3.63, 3.8) is 0 Å². The molecule has 0 aromatic heterocycles. The summed E-state index contributed by atoms with van der Waals surface area (Å²) in [5, 5.41) is 2.71. The molecule has 0 saturated heterocycles. The molecule has 0 radical (unpaired) electrons. The third-order valence-corrected chi connectivity index (χ3v) is 8.30. The third kappa shape index (κ3) is 5.56. The molecule has 0 bridgehead atoms. The number of amides is 1. The van der Waals surface area contributed by atoms with Gasteiger partial charge in [0.05, 0.1) is 18.1 Å². The van der Waals surface area contributed by atoms with Gasteiger partial charge >= 0.3 is 7.60 Å². The van der Waals surface area contributed by atoms with Gasteiger partial charge in [-0.3, -0.25) is 9.36 Å². The van der Waals surface area contributed by atoms with E-state index in [1.807, 2.05) is 0 Å². The van der Waals surface area contributed by atoms with Crippen molar-refractivity contribution >= 4 is 23.5 Å². The van der Waals surface area contributed by atoms with Crippen molar-refractivity contribution in [3.8, 4) is 0 Å². The standard InChI is InChI=1S/C20H27N2O6PS/c1-5-27-29(24,28-6-2)20(16-11-8-7-9-12-16)21-19(23)17-13-10-14-18(15-17)30(25,26)22(3)4/h7-15,20H,5-6H2,1-4H3,(H,21,23). The Hall–Kier alpha value is -2.03. The quantitative estimate of drug-likeness (QED) is 0.550. The smallest absolute Gasteiger partial charge is 0.334 e. The molecule has 0 saturated carbocycles. The summed E-state index contributed by atoms with van der Waals surface area (Å²) in [5.74, 6) is -1.65. The monoisotopic (exact) mass is 454 g/mol. The van der Waals surface area contributed by atoms with E-state index in [4.69, 9.17) is 9.05 Å². The number of carbonyl (C=O) groups excluding carboxylic acids is 1. The van der Waals surface area contributed by atoms with E-state index in [0.717, 1.165) is 4.31 Å². The van der Waals surface area contributed by atoms with Crippen LogP contribution in [-0.4, -0.2) is 45.9 Å². The number of hydrogen-bond donors (Lipinski definition) is 1. The van der Waals surface area contributed by atoms with Crippen molar-refractivity contribution in [1.29, 1.82) is 0 Å². The predicted molar refractivity (Wildman–Crippen MR) is 115 cm³/mol. The van der Waals surface area contributed by atoms with E-state index in [1.165, 1.54) is 38.4 Å². The maximum Gasteiger partial charge on any atom is 0.357 e. The van der Waals surface area contributed by atoms with Gasteiger partial charge in [0, 0.05) is 19.7 Å². The van der Waals surface area contributed by atoms with Crippen molar-refractivity contribution in [1.82, 2.24) is 9.62 Å². The molecule has 8 nitrogen and oxygen atoms in total. The van der Waals surface area contributed by atoms with E-state index in [1.54, 1.807) is 44.2 Å². The van der Waals surface area contributed by atoms with Gasteiger partial charge in [0.25, 0.3) is 5.91 Å². The normalized spacial score (nSPS) is 13.2. The first-order chi connectivity index (χ1) is 14.2. The number of nitrogens with one attached hydrogen (secondary N) is 1. The molecule has 0 aliphatic heterocycles. The van der Waals surface area contributed by atoms with E-state index in [9.17, 15) is 17.8 Å². The van der Waals surface area contributed by atoms with Crippen molar-refractivity contribution in [2.75, 3.05) is 27.3 Å². The fourth-order valence-corrected chi connectivity index (χ4v) is 5.60. The summed E-state index contributed by atoms with van der Waals surface area (Å²) in [7, 11) is -4.63. The Labute approximate surface area is 177 Å². The molecule has 2 aromatic carbocycles. The molecule has 0 spiro atoms. The Morgan fingerprint density at radius 2 is 1.63 bits per heavy atom. The minimum absolute atomic E-state index is 0.0192. The molecule has 0 aliphatic carbocycles. The van der Waals surface area contributed by atoms with Crippen molar-refractivity contribution in [2.45, 2.75) is 24.5 Å².